The molecule has 0 N–H and O–H groups in total. The molecule has 19 heavy (non-hydrogen) atoms. The van der Waals surface area contributed by atoms with E-state index in [2.05, 4.69) is 0 Å². The Hall–Kier alpha value is -0.760. The summed E-state index contributed by atoms with van der Waals surface area (Å²) in [5.41, 5.74) is 1.00. The van der Waals surface area contributed by atoms with Crippen molar-refractivity contribution < 1.29 is 9.13 Å². The van der Waals surface area contributed by atoms with Crippen molar-refractivity contribution in [1.82, 2.24) is 0 Å². The van der Waals surface area contributed by atoms with E-state index in [1.165, 1.54) is 31.7 Å². The Morgan fingerprint density at radius 2 is 2.05 bits per heavy atom. The maximum absolute atomic E-state index is 13.2. The first kappa shape index (κ1) is 13.2. The molecule has 0 bridgehead atoms. The molecule has 1 aromatic rings. The van der Waals surface area contributed by atoms with E-state index in [1.54, 1.807) is 12.1 Å². The first-order chi connectivity index (χ1) is 9.22. The van der Waals surface area contributed by atoms with Crippen LogP contribution in [0.4, 0.5) is 4.39 Å². The largest absolute Gasteiger partial charge is 0.490 e. The molecular formula is C16H20ClFO. The van der Waals surface area contributed by atoms with Gasteiger partial charge in [-0.3, -0.25) is 0 Å². The van der Waals surface area contributed by atoms with Gasteiger partial charge in [0.05, 0.1) is 0 Å². The molecule has 1 saturated carbocycles. The smallest absolute Gasteiger partial charge is 0.123 e. The molecule has 1 aliphatic heterocycles. The molecule has 1 heterocycles. The van der Waals surface area contributed by atoms with Crippen LogP contribution in [-0.2, 0) is 6.42 Å². The van der Waals surface area contributed by atoms with E-state index in [1.807, 2.05) is 0 Å². The normalized spacial score (nSPS) is 30.5. The summed E-state index contributed by atoms with van der Waals surface area (Å²) in [5.74, 6) is 1.23. The van der Waals surface area contributed by atoms with E-state index < -0.39 is 0 Å². The quantitative estimate of drug-likeness (QED) is 0.564. The number of hydrogen-bond donors (Lipinski definition) is 0. The molecule has 2 aliphatic rings. The van der Waals surface area contributed by atoms with E-state index in [4.69, 9.17) is 16.3 Å². The van der Waals surface area contributed by atoms with Crippen molar-refractivity contribution in [3.63, 3.8) is 0 Å². The number of hydrogen-bond acceptors (Lipinski definition) is 1. The van der Waals surface area contributed by atoms with Crippen molar-refractivity contribution in [3.05, 3.63) is 29.6 Å². The fraction of sp³-hybridized carbons (Fsp3) is 0.625. The minimum absolute atomic E-state index is 0.173. The second-order valence-corrected chi connectivity index (χ2v) is 6.41. The minimum atomic E-state index is -0.173. The van der Waals surface area contributed by atoms with Crippen molar-refractivity contribution >= 4 is 11.6 Å². The summed E-state index contributed by atoms with van der Waals surface area (Å²) in [5, 5.41) is 0.284. The van der Waals surface area contributed by atoms with Gasteiger partial charge in [0.1, 0.15) is 17.7 Å². The van der Waals surface area contributed by atoms with Crippen LogP contribution in [0.5, 0.6) is 5.75 Å². The first-order valence-electron chi connectivity index (χ1n) is 7.31. The number of alkyl halides is 1. The van der Waals surface area contributed by atoms with Gasteiger partial charge in [-0.15, -0.1) is 11.6 Å². The molecule has 1 nitrogen and oxygen atoms in total. The summed E-state index contributed by atoms with van der Waals surface area (Å²) >= 11 is 6.49. The summed E-state index contributed by atoms with van der Waals surface area (Å²) in [6.45, 7) is 0. The van der Waals surface area contributed by atoms with Gasteiger partial charge in [0, 0.05) is 17.4 Å². The Balaban J connectivity index is 1.63. The van der Waals surface area contributed by atoms with Crippen LogP contribution in [0, 0.1) is 11.7 Å². The lowest BCUT2D eigenvalue weighted by Gasteiger charge is -2.22. The van der Waals surface area contributed by atoms with Gasteiger partial charge in [0.25, 0.3) is 0 Å². The maximum atomic E-state index is 13.2. The fourth-order valence-corrected chi connectivity index (χ4v) is 3.75. The molecule has 0 spiro atoms. The average molecular weight is 283 g/mol. The molecule has 3 rings (SSSR count). The average Bonchev–Trinajstić information content (AvgIpc) is 2.66. The molecule has 1 aliphatic carbocycles. The number of halogens is 2. The lowest BCUT2D eigenvalue weighted by atomic mass is 9.92. The Morgan fingerprint density at radius 1 is 1.21 bits per heavy atom. The third-order valence-corrected chi connectivity index (χ3v) is 4.97. The minimum Gasteiger partial charge on any atom is -0.490 e. The van der Waals surface area contributed by atoms with Crippen molar-refractivity contribution in [2.24, 2.45) is 5.92 Å². The zero-order valence-electron chi connectivity index (χ0n) is 11.1. The van der Waals surface area contributed by atoms with Gasteiger partial charge >= 0.3 is 0 Å². The molecule has 0 saturated heterocycles. The Morgan fingerprint density at radius 3 is 2.95 bits per heavy atom. The molecule has 104 valence electrons. The second kappa shape index (κ2) is 5.70. The standard InChI is InChI=1S/C16H20ClFO/c17-15-5-3-1-2-4-11(15)9-14-10-12-8-13(18)6-7-16(12)19-14/h6-8,11,14-15H,1-5,9-10H2. The van der Waals surface area contributed by atoms with Crippen molar-refractivity contribution in [3.8, 4) is 5.75 Å². The van der Waals surface area contributed by atoms with Crippen molar-refractivity contribution in [2.75, 3.05) is 0 Å². The lowest BCUT2D eigenvalue weighted by molar-refractivity contribution is 0.188. The Labute approximate surface area is 119 Å². The summed E-state index contributed by atoms with van der Waals surface area (Å²) in [7, 11) is 0. The lowest BCUT2D eigenvalue weighted by Crippen LogP contribution is -2.23. The molecule has 1 aromatic carbocycles. The molecular weight excluding hydrogens is 263 g/mol. The van der Waals surface area contributed by atoms with Gasteiger partial charge < -0.3 is 4.74 Å². The van der Waals surface area contributed by atoms with Crippen LogP contribution < -0.4 is 4.74 Å². The fourth-order valence-electron chi connectivity index (χ4n) is 3.36. The zero-order valence-corrected chi connectivity index (χ0v) is 11.8. The Kier molecular flexibility index (Phi) is 3.97. The molecule has 1 fully saturated rings. The maximum Gasteiger partial charge on any atom is 0.123 e. The Bertz CT molecular complexity index is 448. The summed E-state index contributed by atoms with van der Waals surface area (Å²) in [4.78, 5) is 0. The number of benzene rings is 1. The first-order valence-corrected chi connectivity index (χ1v) is 7.75. The van der Waals surface area contributed by atoms with Crippen molar-refractivity contribution in [2.45, 2.75) is 56.4 Å². The molecule has 0 radical (unpaired) electrons. The van der Waals surface area contributed by atoms with Gasteiger partial charge in [-0.1, -0.05) is 19.3 Å². The number of rotatable bonds is 2. The number of fused-ring (bicyclic) bond motifs is 1. The van der Waals surface area contributed by atoms with E-state index >= 15 is 0 Å². The van der Waals surface area contributed by atoms with Crippen LogP contribution in [0.1, 0.15) is 44.1 Å². The van der Waals surface area contributed by atoms with Crippen LogP contribution in [-0.4, -0.2) is 11.5 Å². The van der Waals surface area contributed by atoms with E-state index in [0.717, 1.165) is 30.6 Å². The van der Waals surface area contributed by atoms with Crippen molar-refractivity contribution in [1.29, 1.82) is 0 Å². The van der Waals surface area contributed by atoms with Crippen LogP contribution in [0.3, 0.4) is 0 Å². The van der Waals surface area contributed by atoms with E-state index in [-0.39, 0.29) is 17.3 Å². The predicted molar refractivity (Wildman–Crippen MR) is 75.4 cm³/mol. The topological polar surface area (TPSA) is 9.23 Å². The van der Waals surface area contributed by atoms with Gasteiger partial charge in [0.2, 0.25) is 0 Å². The van der Waals surface area contributed by atoms with E-state index in [0.29, 0.717) is 5.92 Å². The predicted octanol–water partition coefficient (Wildman–Crippen LogP) is 4.71. The van der Waals surface area contributed by atoms with Gasteiger partial charge in [-0.25, -0.2) is 4.39 Å². The van der Waals surface area contributed by atoms with Gasteiger partial charge in [-0.2, -0.15) is 0 Å². The third kappa shape index (κ3) is 3.05. The highest BCUT2D eigenvalue weighted by molar-refractivity contribution is 6.20. The summed E-state index contributed by atoms with van der Waals surface area (Å²) in [6, 6.07) is 4.81. The molecule has 3 unspecified atom stereocenters. The summed E-state index contributed by atoms with van der Waals surface area (Å²) in [6.07, 6.45) is 8.18. The van der Waals surface area contributed by atoms with Gasteiger partial charge in [-0.05, 0) is 43.4 Å². The van der Waals surface area contributed by atoms with E-state index in [9.17, 15) is 4.39 Å². The second-order valence-electron chi connectivity index (χ2n) is 5.85. The molecule has 3 heteroatoms. The van der Waals surface area contributed by atoms with Crippen LogP contribution in [0.15, 0.2) is 18.2 Å². The number of ether oxygens (including phenoxy) is 1. The van der Waals surface area contributed by atoms with Crippen LogP contribution in [0.25, 0.3) is 0 Å². The molecule has 3 atom stereocenters. The van der Waals surface area contributed by atoms with Crippen LogP contribution >= 0.6 is 11.6 Å². The third-order valence-electron chi connectivity index (χ3n) is 4.40. The van der Waals surface area contributed by atoms with Gasteiger partial charge in [0.15, 0.2) is 0 Å². The SMILES string of the molecule is Fc1ccc2c(c1)CC(CC1CCCCCC1Cl)O2. The highest BCUT2D eigenvalue weighted by atomic mass is 35.5. The molecule has 0 aromatic heterocycles. The monoisotopic (exact) mass is 282 g/mol. The zero-order chi connectivity index (χ0) is 13.2. The van der Waals surface area contributed by atoms with Crippen LogP contribution in [0.2, 0.25) is 0 Å². The summed E-state index contributed by atoms with van der Waals surface area (Å²) < 4.78 is 19.1. The molecule has 0 amide bonds. The highest BCUT2D eigenvalue weighted by Gasteiger charge is 2.29. The highest BCUT2D eigenvalue weighted by Crippen LogP contribution is 2.36.